The van der Waals surface area contributed by atoms with E-state index in [0.29, 0.717) is 5.88 Å². The van der Waals surface area contributed by atoms with Crippen LogP contribution in [0.1, 0.15) is 32.1 Å². The number of aliphatic hydroxyl groups is 1. The zero-order valence-electron chi connectivity index (χ0n) is 8.66. The largest absolute Gasteiger partial charge is 0.391 e. The van der Waals surface area contributed by atoms with Crippen LogP contribution in [-0.4, -0.2) is 41.1 Å². The Bertz CT molecular complexity index is 188. The highest BCUT2D eigenvalue weighted by atomic mass is 35.5. The van der Waals surface area contributed by atoms with Crippen molar-refractivity contribution < 1.29 is 5.11 Å². The summed E-state index contributed by atoms with van der Waals surface area (Å²) in [5.74, 6) is 1.28. The molecule has 3 heteroatoms. The molecule has 0 aromatic carbocycles. The van der Waals surface area contributed by atoms with Crippen molar-refractivity contribution in [3.63, 3.8) is 0 Å². The molecule has 82 valence electrons. The first kappa shape index (κ1) is 10.7. The third-order valence-corrected chi connectivity index (χ3v) is 4.10. The number of nitrogens with zero attached hydrogens (tertiary/aromatic N) is 1. The van der Waals surface area contributed by atoms with Gasteiger partial charge in [-0.05, 0) is 31.7 Å². The lowest BCUT2D eigenvalue weighted by Gasteiger charge is -2.32. The van der Waals surface area contributed by atoms with E-state index in [2.05, 4.69) is 4.90 Å². The SMILES string of the molecule is OC(CCl)CN1CCC2CCCCC21. The third kappa shape index (κ3) is 2.23. The van der Waals surface area contributed by atoms with E-state index in [1.807, 2.05) is 0 Å². The summed E-state index contributed by atoms with van der Waals surface area (Å²) in [5, 5.41) is 9.54. The van der Waals surface area contributed by atoms with E-state index in [9.17, 15) is 5.11 Å². The van der Waals surface area contributed by atoms with E-state index < -0.39 is 0 Å². The summed E-state index contributed by atoms with van der Waals surface area (Å²) in [6.45, 7) is 1.95. The van der Waals surface area contributed by atoms with Crippen LogP contribution >= 0.6 is 11.6 Å². The number of likely N-dealkylation sites (tertiary alicyclic amines) is 1. The van der Waals surface area contributed by atoms with Crippen LogP contribution in [0, 0.1) is 5.92 Å². The Kier molecular flexibility index (Phi) is 3.69. The average Bonchev–Trinajstić information content (AvgIpc) is 2.62. The van der Waals surface area contributed by atoms with Gasteiger partial charge < -0.3 is 5.11 Å². The summed E-state index contributed by atoms with van der Waals surface area (Å²) in [6.07, 6.45) is 6.51. The number of fused-ring (bicyclic) bond motifs is 1. The van der Waals surface area contributed by atoms with Crippen molar-refractivity contribution >= 4 is 11.6 Å². The van der Waals surface area contributed by atoms with Gasteiger partial charge in [0.1, 0.15) is 0 Å². The Balaban J connectivity index is 1.87. The van der Waals surface area contributed by atoms with Crippen LogP contribution in [0.15, 0.2) is 0 Å². The van der Waals surface area contributed by atoms with Crippen LogP contribution in [0.25, 0.3) is 0 Å². The quantitative estimate of drug-likeness (QED) is 0.730. The molecule has 0 aromatic heterocycles. The highest BCUT2D eigenvalue weighted by molar-refractivity contribution is 6.18. The normalized spacial score (nSPS) is 35.6. The van der Waals surface area contributed by atoms with Crippen molar-refractivity contribution in [1.29, 1.82) is 0 Å². The van der Waals surface area contributed by atoms with Gasteiger partial charge in [-0.25, -0.2) is 0 Å². The second kappa shape index (κ2) is 4.82. The summed E-state index contributed by atoms with van der Waals surface area (Å²) < 4.78 is 0. The van der Waals surface area contributed by atoms with Crippen molar-refractivity contribution in [1.82, 2.24) is 4.90 Å². The molecule has 0 radical (unpaired) electrons. The van der Waals surface area contributed by atoms with Gasteiger partial charge in [-0.1, -0.05) is 12.8 Å². The van der Waals surface area contributed by atoms with Crippen molar-refractivity contribution in [2.24, 2.45) is 5.92 Å². The molecule has 1 aliphatic heterocycles. The van der Waals surface area contributed by atoms with Gasteiger partial charge in [-0.2, -0.15) is 0 Å². The maximum absolute atomic E-state index is 9.54. The summed E-state index contributed by atoms with van der Waals surface area (Å²) in [5.41, 5.74) is 0. The molecule has 1 N–H and O–H groups in total. The van der Waals surface area contributed by atoms with Crippen LogP contribution in [0.2, 0.25) is 0 Å². The van der Waals surface area contributed by atoms with Crippen LogP contribution in [0.4, 0.5) is 0 Å². The van der Waals surface area contributed by atoms with E-state index >= 15 is 0 Å². The van der Waals surface area contributed by atoms with Gasteiger partial charge in [0.2, 0.25) is 0 Å². The molecule has 0 bridgehead atoms. The predicted molar refractivity (Wildman–Crippen MR) is 58.7 cm³/mol. The molecule has 0 spiro atoms. The van der Waals surface area contributed by atoms with Crippen LogP contribution in [0.3, 0.4) is 0 Å². The fraction of sp³-hybridized carbons (Fsp3) is 1.00. The first-order chi connectivity index (χ1) is 6.81. The number of alkyl halides is 1. The lowest BCUT2D eigenvalue weighted by Crippen LogP contribution is -2.40. The molecule has 3 unspecified atom stereocenters. The summed E-state index contributed by atoms with van der Waals surface area (Å²) in [6, 6.07) is 0.751. The highest BCUT2D eigenvalue weighted by Gasteiger charge is 2.35. The second-order valence-corrected chi connectivity index (χ2v) is 5.01. The summed E-state index contributed by atoms with van der Waals surface area (Å²) in [4.78, 5) is 2.46. The molecule has 2 aliphatic rings. The minimum atomic E-state index is -0.336. The van der Waals surface area contributed by atoms with Crippen molar-refractivity contribution in [2.75, 3.05) is 19.0 Å². The van der Waals surface area contributed by atoms with Gasteiger partial charge in [0.25, 0.3) is 0 Å². The Labute approximate surface area is 91.2 Å². The molecule has 14 heavy (non-hydrogen) atoms. The Morgan fingerprint density at radius 3 is 2.86 bits per heavy atom. The molecule has 0 aromatic rings. The van der Waals surface area contributed by atoms with Crippen molar-refractivity contribution in [2.45, 2.75) is 44.2 Å². The fourth-order valence-corrected chi connectivity index (χ4v) is 3.15. The Morgan fingerprint density at radius 1 is 1.29 bits per heavy atom. The molecule has 2 fully saturated rings. The molecular formula is C11H20ClNO. The average molecular weight is 218 g/mol. The zero-order valence-corrected chi connectivity index (χ0v) is 9.42. The number of hydrogen-bond donors (Lipinski definition) is 1. The summed E-state index contributed by atoms with van der Waals surface area (Å²) >= 11 is 5.63. The fourth-order valence-electron chi connectivity index (χ4n) is 3.05. The molecule has 3 atom stereocenters. The molecule has 0 amide bonds. The highest BCUT2D eigenvalue weighted by Crippen LogP contribution is 2.35. The molecule has 1 aliphatic carbocycles. The molecule has 2 nitrogen and oxygen atoms in total. The van der Waals surface area contributed by atoms with E-state index in [-0.39, 0.29) is 6.10 Å². The third-order valence-electron chi connectivity index (χ3n) is 3.75. The van der Waals surface area contributed by atoms with Gasteiger partial charge in [-0.3, -0.25) is 4.90 Å². The minimum absolute atomic E-state index is 0.336. The maximum Gasteiger partial charge on any atom is 0.0802 e. The topological polar surface area (TPSA) is 23.5 Å². The number of aliphatic hydroxyl groups excluding tert-OH is 1. The Morgan fingerprint density at radius 2 is 2.07 bits per heavy atom. The monoisotopic (exact) mass is 217 g/mol. The van der Waals surface area contributed by atoms with E-state index in [0.717, 1.165) is 18.5 Å². The predicted octanol–water partition coefficient (Wildman–Crippen LogP) is 1.85. The number of rotatable bonds is 3. The lowest BCUT2D eigenvalue weighted by atomic mass is 9.85. The molecule has 1 saturated heterocycles. The molecule has 2 rings (SSSR count). The standard InChI is InChI=1S/C11H20ClNO/c12-7-10(14)8-13-6-5-9-3-1-2-4-11(9)13/h9-11,14H,1-8H2. The Hall–Kier alpha value is 0.210. The van der Waals surface area contributed by atoms with Crippen LogP contribution in [-0.2, 0) is 0 Å². The van der Waals surface area contributed by atoms with Gasteiger partial charge in [-0.15, -0.1) is 11.6 Å². The van der Waals surface area contributed by atoms with Crippen LogP contribution in [0.5, 0.6) is 0 Å². The second-order valence-electron chi connectivity index (χ2n) is 4.70. The molecule has 1 saturated carbocycles. The number of hydrogen-bond acceptors (Lipinski definition) is 2. The lowest BCUT2D eigenvalue weighted by molar-refractivity contribution is 0.102. The minimum Gasteiger partial charge on any atom is -0.391 e. The first-order valence-electron chi connectivity index (χ1n) is 5.79. The van der Waals surface area contributed by atoms with E-state index in [1.54, 1.807) is 0 Å². The van der Waals surface area contributed by atoms with Crippen LogP contribution < -0.4 is 0 Å². The van der Waals surface area contributed by atoms with Gasteiger partial charge in [0.15, 0.2) is 0 Å². The van der Waals surface area contributed by atoms with E-state index in [4.69, 9.17) is 11.6 Å². The van der Waals surface area contributed by atoms with Gasteiger partial charge in [0.05, 0.1) is 6.10 Å². The molecule has 1 heterocycles. The smallest absolute Gasteiger partial charge is 0.0802 e. The van der Waals surface area contributed by atoms with E-state index in [1.165, 1.54) is 38.6 Å². The van der Waals surface area contributed by atoms with Crippen molar-refractivity contribution in [3.05, 3.63) is 0 Å². The number of β-amino-alcohol motifs (C(OH)–C–C–N with tert-alkyl or cyclic N) is 1. The van der Waals surface area contributed by atoms with Gasteiger partial charge >= 0.3 is 0 Å². The summed E-state index contributed by atoms with van der Waals surface area (Å²) in [7, 11) is 0. The number of halogens is 1. The maximum atomic E-state index is 9.54. The van der Waals surface area contributed by atoms with Gasteiger partial charge in [0, 0.05) is 18.5 Å². The zero-order chi connectivity index (χ0) is 9.97. The first-order valence-corrected chi connectivity index (χ1v) is 6.33. The molecular weight excluding hydrogens is 198 g/mol. The van der Waals surface area contributed by atoms with Crippen molar-refractivity contribution in [3.8, 4) is 0 Å².